The molecule has 1 rings (SSSR count). The zero-order valence-corrected chi connectivity index (χ0v) is 10.9. The van der Waals surface area contributed by atoms with E-state index in [9.17, 15) is 9.59 Å². The van der Waals surface area contributed by atoms with E-state index in [0.717, 1.165) is 6.42 Å². The number of carbonyl (C=O) groups excluding carboxylic acids is 1. The van der Waals surface area contributed by atoms with E-state index in [1.807, 2.05) is 6.92 Å². The van der Waals surface area contributed by atoms with Crippen LogP contribution in [0.15, 0.2) is 24.3 Å². The third-order valence-electron chi connectivity index (χ3n) is 2.52. The molecule has 18 heavy (non-hydrogen) atoms. The van der Waals surface area contributed by atoms with E-state index in [1.165, 1.54) is 0 Å². The van der Waals surface area contributed by atoms with E-state index < -0.39 is 11.9 Å². The van der Waals surface area contributed by atoms with Crippen molar-refractivity contribution in [2.24, 2.45) is 5.92 Å². The first-order valence-corrected chi connectivity index (χ1v) is 6.19. The second-order valence-corrected chi connectivity index (χ2v) is 4.52. The first-order chi connectivity index (χ1) is 8.52. The number of carboxylic acids is 1. The molecular formula is C13H16ClNO3. The number of anilines is 1. The minimum absolute atomic E-state index is 0.153. The van der Waals surface area contributed by atoms with Gasteiger partial charge >= 0.3 is 5.97 Å². The zero-order valence-electron chi connectivity index (χ0n) is 10.1. The largest absolute Gasteiger partial charge is 0.481 e. The van der Waals surface area contributed by atoms with Gasteiger partial charge in [-0.15, -0.1) is 0 Å². The van der Waals surface area contributed by atoms with Crippen molar-refractivity contribution >= 4 is 29.2 Å². The Hall–Kier alpha value is -1.55. The summed E-state index contributed by atoms with van der Waals surface area (Å²) in [6, 6.07) is 6.78. The molecule has 0 heterocycles. The first-order valence-electron chi connectivity index (χ1n) is 5.81. The maximum Gasteiger partial charge on any atom is 0.304 e. The first kappa shape index (κ1) is 14.5. The number of halogens is 1. The van der Waals surface area contributed by atoms with E-state index in [2.05, 4.69) is 5.32 Å². The van der Waals surface area contributed by atoms with Crippen molar-refractivity contribution in [3.05, 3.63) is 29.3 Å². The molecular weight excluding hydrogens is 254 g/mol. The fourth-order valence-corrected chi connectivity index (χ4v) is 1.89. The fourth-order valence-electron chi connectivity index (χ4n) is 1.70. The van der Waals surface area contributed by atoms with Crippen LogP contribution in [0.3, 0.4) is 0 Å². The van der Waals surface area contributed by atoms with Crippen LogP contribution >= 0.6 is 11.6 Å². The van der Waals surface area contributed by atoms with Crippen molar-refractivity contribution in [3.63, 3.8) is 0 Å². The minimum Gasteiger partial charge on any atom is -0.481 e. The van der Waals surface area contributed by atoms with Gasteiger partial charge in [-0.1, -0.05) is 31.0 Å². The van der Waals surface area contributed by atoms with Crippen LogP contribution in [0, 0.1) is 5.92 Å². The highest BCUT2D eigenvalue weighted by molar-refractivity contribution is 6.30. The van der Waals surface area contributed by atoms with Gasteiger partial charge in [-0.2, -0.15) is 0 Å². The summed E-state index contributed by atoms with van der Waals surface area (Å²) in [5.74, 6) is -1.75. The van der Waals surface area contributed by atoms with E-state index in [0.29, 0.717) is 17.1 Å². The van der Waals surface area contributed by atoms with Crippen molar-refractivity contribution < 1.29 is 14.7 Å². The Morgan fingerprint density at radius 2 is 2.17 bits per heavy atom. The number of nitrogens with one attached hydrogen (secondary N) is 1. The molecule has 0 aliphatic heterocycles. The van der Waals surface area contributed by atoms with Gasteiger partial charge in [0.2, 0.25) is 5.91 Å². The summed E-state index contributed by atoms with van der Waals surface area (Å²) in [4.78, 5) is 22.6. The summed E-state index contributed by atoms with van der Waals surface area (Å²) >= 11 is 5.81. The molecule has 0 saturated heterocycles. The third kappa shape index (κ3) is 4.75. The highest BCUT2D eigenvalue weighted by Crippen LogP contribution is 2.18. The molecule has 1 unspecified atom stereocenters. The molecule has 4 nitrogen and oxygen atoms in total. The molecule has 1 atom stereocenters. The van der Waals surface area contributed by atoms with Gasteiger partial charge in [-0.3, -0.25) is 9.59 Å². The molecule has 0 saturated carbocycles. The van der Waals surface area contributed by atoms with Crippen LogP contribution in [0.2, 0.25) is 5.02 Å². The van der Waals surface area contributed by atoms with E-state index in [1.54, 1.807) is 24.3 Å². The number of benzene rings is 1. The van der Waals surface area contributed by atoms with Crippen LogP contribution in [0.5, 0.6) is 0 Å². The number of hydrogen-bond donors (Lipinski definition) is 2. The Morgan fingerprint density at radius 1 is 1.44 bits per heavy atom. The highest BCUT2D eigenvalue weighted by Gasteiger charge is 2.20. The Balaban J connectivity index is 2.69. The van der Waals surface area contributed by atoms with Gasteiger partial charge in [0, 0.05) is 16.6 Å². The minimum atomic E-state index is -0.963. The van der Waals surface area contributed by atoms with Gasteiger partial charge < -0.3 is 10.4 Å². The molecule has 1 aromatic carbocycles. The maximum absolute atomic E-state index is 11.9. The van der Waals surface area contributed by atoms with Crippen molar-refractivity contribution in [1.29, 1.82) is 0 Å². The van der Waals surface area contributed by atoms with Gasteiger partial charge in [0.15, 0.2) is 0 Å². The molecule has 0 spiro atoms. The Bertz CT molecular complexity index is 434. The second kappa shape index (κ2) is 7.01. The van der Waals surface area contributed by atoms with Crippen molar-refractivity contribution in [2.75, 3.05) is 5.32 Å². The Kier molecular flexibility index (Phi) is 5.65. The van der Waals surface area contributed by atoms with Crippen LogP contribution in [0.1, 0.15) is 26.2 Å². The summed E-state index contributed by atoms with van der Waals surface area (Å²) in [7, 11) is 0. The summed E-state index contributed by atoms with van der Waals surface area (Å²) in [5, 5.41) is 12.0. The zero-order chi connectivity index (χ0) is 13.5. The number of carbonyl (C=O) groups is 2. The molecule has 2 N–H and O–H groups in total. The molecule has 0 bridgehead atoms. The molecule has 1 aromatic rings. The summed E-state index contributed by atoms with van der Waals surface area (Å²) in [6.07, 6.45) is 1.17. The smallest absolute Gasteiger partial charge is 0.304 e. The molecule has 0 aliphatic rings. The maximum atomic E-state index is 11.9. The Labute approximate surface area is 111 Å². The summed E-state index contributed by atoms with van der Waals surface area (Å²) < 4.78 is 0. The lowest BCUT2D eigenvalue weighted by atomic mass is 9.99. The van der Waals surface area contributed by atoms with Gasteiger partial charge in [0.1, 0.15) is 0 Å². The number of hydrogen-bond acceptors (Lipinski definition) is 2. The molecule has 0 fully saturated rings. The van der Waals surface area contributed by atoms with E-state index in [4.69, 9.17) is 16.7 Å². The predicted molar refractivity (Wildman–Crippen MR) is 70.7 cm³/mol. The summed E-state index contributed by atoms with van der Waals surface area (Å²) in [5.41, 5.74) is 0.582. The van der Waals surface area contributed by atoms with Crippen LogP contribution in [0.25, 0.3) is 0 Å². The van der Waals surface area contributed by atoms with Gasteiger partial charge in [0.05, 0.1) is 6.42 Å². The van der Waals surface area contributed by atoms with E-state index in [-0.39, 0.29) is 12.3 Å². The fraction of sp³-hybridized carbons (Fsp3) is 0.385. The van der Waals surface area contributed by atoms with Crippen LogP contribution in [-0.2, 0) is 9.59 Å². The number of rotatable bonds is 6. The average molecular weight is 270 g/mol. The molecule has 5 heteroatoms. The molecule has 0 aromatic heterocycles. The van der Waals surface area contributed by atoms with Crippen LogP contribution in [0.4, 0.5) is 5.69 Å². The number of carboxylic acid groups (broad SMARTS) is 1. The SMILES string of the molecule is CCCC(CC(=O)O)C(=O)Nc1cccc(Cl)c1. The molecule has 98 valence electrons. The van der Waals surface area contributed by atoms with Crippen molar-refractivity contribution in [3.8, 4) is 0 Å². The number of amides is 1. The monoisotopic (exact) mass is 269 g/mol. The average Bonchev–Trinajstić information content (AvgIpc) is 2.27. The van der Waals surface area contributed by atoms with Gasteiger partial charge in [0.25, 0.3) is 0 Å². The molecule has 0 radical (unpaired) electrons. The lowest BCUT2D eigenvalue weighted by molar-refractivity contribution is -0.140. The lowest BCUT2D eigenvalue weighted by Crippen LogP contribution is -2.25. The Morgan fingerprint density at radius 3 is 2.72 bits per heavy atom. The van der Waals surface area contributed by atoms with Crippen molar-refractivity contribution in [1.82, 2.24) is 0 Å². The quantitative estimate of drug-likeness (QED) is 0.834. The normalized spacial score (nSPS) is 11.9. The summed E-state index contributed by atoms with van der Waals surface area (Å²) in [6.45, 7) is 1.92. The predicted octanol–water partition coefficient (Wildman–Crippen LogP) is 3.17. The second-order valence-electron chi connectivity index (χ2n) is 4.08. The van der Waals surface area contributed by atoms with Crippen molar-refractivity contribution in [2.45, 2.75) is 26.2 Å². The van der Waals surface area contributed by atoms with E-state index >= 15 is 0 Å². The van der Waals surface area contributed by atoms with Gasteiger partial charge in [-0.25, -0.2) is 0 Å². The number of aliphatic carboxylic acids is 1. The third-order valence-corrected chi connectivity index (χ3v) is 2.76. The van der Waals surface area contributed by atoms with Crippen LogP contribution < -0.4 is 5.32 Å². The van der Waals surface area contributed by atoms with Crippen LogP contribution in [-0.4, -0.2) is 17.0 Å². The topological polar surface area (TPSA) is 66.4 Å². The lowest BCUT2D eigenvalue weighted by Gasteiger charge is -2.14. The standard InChI is InChI=1S/C13H16ClNO3/c1-2-4-9(7-12(16)17)13(18)15-11-6-3-5-10(14)8-11/h3,5-6,8-9H,2,4,7H2,1H3,(H,15,18)(H,16,17). The molecule has 1 amide bonds. The molecule has 0 aliphatic carbocycles. The van der Waals surface area contributed by atoms with Gasteiger partial charge in [-0.05, 0) is 24.6 Å². The highest BCUT2D eigenvalue weighted by atomic mass is 35.5.